The molecule has 24 heavy (non-hydrogen) atoms. The Balaban J connectivity index is 1.69. The van der Waals surface area contributed by atoms with Gasteiger partial charge in [0.1, 0.15) is 6.10 Å². The molecule has 4 heteroatoms. The second kappa shape index (κ2) is 8.43. The van der Waals surface area contributed by atoms with Gasteiger partial charge < -0.3 is 14.2 Å². The summed E-state index contributed by atoms with van der Waals surface area (Å²) < 4.78 is 16.6. The molecule has 1 fully saturated rings. The maximum Gasteiger partial charge on any atom is 0.338 e. The predicted octanol–water partition coefficient (Wildman–Crippen LogP) is 3.69. The zero-order valence-corrected chi connectivity index (χ0v) is 13.3. The first kappa shape index (κ1) is 16.4. The molecule has 0 bridgehead atoms. The van der Waals surface area contributed by atoms with Gasteiger partial charge in [-0.3, -0.25) is 0 Å². The van der Waals surface area contributed by atoms with Crippen LogP contribution in [0.2, 0.25) is 0 Å². The summed E-state index contributed by atoms with van der Waals surface area (Å²) in [6.45, 7) is 1.15. The van der Waals surface area contributed by atoms with Crippen molar-refractivity contribution >= 4 is 12.0 Å². The van der Waals surface area contributed by atoms with Crippen molar-refractivity contribution < 1.29 is 19.0 Å². The van der Waals surface area contributed by atoms with Crippen LogP contribution in [-0.2, 0) is 14.2 Å². The molecule has 1 heterocycles. The average Bonchev–Trinajstić information content (AvgIpc) is 3.14. The van der Waals surface area contributed by atoms with Crippen molar-refractivity contribution in [2.45, 2.75) is 18.8 Å². The Kier molecular flexibility index (Phi) is 5.77. The van der Waals surface area contributed by atoms with Crippen LogP contribution >= 0.6 is 0 Å². The van der Waals surface area contributed by atoms with Gasteiger partial charge >= 0.3 is 5.97 Å². The minimum absolute atomic E-state index is 0.334. The van der Waals surface area contributed by atoms with E-state index >= 15 is 0 Å². The first-order valence-corrected chi connectivity index (χ1v) is 8.04. The SMILES string of the molecule is O=C(O[C@@H](/C=C/c1ccccc1)CC1OCCO1)c1ccccc1. The highest BCUT2D eigenvalue weighted by molar-refractivity contribution is 5.89. The molecular weight excluding hydrogens is 304 g/mol. The lowest BCUT2D eigenvalue weighted by Gasteiger charge is -2.17. The quantitative estimate of drug-likeness (QED) is 0.760. The molecule has 0 saturated carbocycles. The molecule has 0 unspecified atom stereocenters. The molecule has 1 saturated heterocycles. The number of benzene rings is 2. The Hall–Kier alpha value is -2.43. The van der Waals surface area contributed by atoms with E-state index in [0.717, 1.165) is 5.56 Å². The van der Waals surface area contributed by atoms with E-state index in [1.807, 2.05) is 60.7 Å². The monoisotopic (exact) mass is 324 g/mol. The number of hydrogen-bond donors (Lipinski definition) is 0. The van der Waals surface area contributed by atoms with Gasteiger partial charge in [-0.25, -0.2) is 4.79 Å². The molecule has 124 valence electrons. The van der Waals surface area contributed by atoms with Crippen molar-refractivity contribution in [2.75, 3.05) is 13.2 Å². The van der Waals surface area contributed by atoms with E-state index in [-0.39, 0.29) is 12.3 Å². The van der Waals surface area contributed by atoms with Crippen molar-refractivity contribution in [1.82, 2.24) is 0 Å². The Morgan fingerprint density at radius 2 is 1.67 bits per heavy atom. The number of carbonyl (C=O) groups is 1. The maximum atomic E-state index is 12.3. The van der Waals surface area contributed by atoms with Crippen molar-refractivity contribution in [2.24, 2.45) is 0 Å². The summed E-state index contributed by atoms with van der Waals surface area (Å²) in [7, 11) is 0. The first-order chi connectivity index (χ1) is 11.8. The van der Waals surface area contributed by atoms with E-state index in [1.165, 1.54) is 0 Å². The largest absolute Gasteiger partial charge is 0.454 e. The summed E-state index contributed by atoms with van der Waals surface area (Å²) in [6, 6.07) is 18.9. The van der Waals surface area contributed by atoms with Crippen LogP contribution in [0, 0.1) is 0 Å². The lowest BCUT2D eigenvalue weighted by atomic mass is 10.1. The van der Waals surface area contributed by atoms with E-state index in [9.17, 15) is 4.79 Å². The van der Waals surface area contributed by atoms with Gasteiger partial charge in [-0.1, -0.05) is 54.6 Å². The molecule has 1 aliphatic heterocycles. The minimum Gasteiger partial charge on any atom is -0.454 e. The fourth-order valence-electron chi connectivity index (χ4n) is 2.46. The van der Waals surface area contributed by atoms with E-state index in [2.05, 4.69) is 0 Å². The Morgan fingerprint density at radius 1 is 1.04 bits per heavy atom. The van der Waals surface area contributed by atoms with Crippen LogP contribution in [0.25, 0.3) is 6.08 Å². The molecular formula is C20H20O4. The molecule has 0 radical (unpaired) electrons. The summed E-state index contributed by atoms with van der Waals surface area (Å²) in [6.07, 6.45) is 3.54. The van der Waals surface area contributed by atoms with Crippen molar-refractivity contribution in [3.8, 4) is 0 Å². The Morgan fingerprint density at radius 3 is 2.33 bits per heavy atom. The molecule has 3 rings (SSSR count). The first-order valence-electron chi connectivity index (χ1n) is 8.04. The van der Waals surface area contributed by atoms with Crippen LogP contribution in [0.1, 0.15) is 22.3 Å². The van der Waals surface area contributed by atoms with Crippen LogP contribution in [0.5, 0.6) is 0 Å². The third-order valence-electron chi connectivity index (χ3n) is 3.69. The third kappa shape index (κ3) is 4.78. The van der Waals surface area contributed by atoms with Gasteiger partial charge in [-0.2, -0.15) is 0 Å². The molecule has 1 atom stereocenters. The topological polar surface area (TPSA) is 44.8 Å². The molecule has 4 nitrogen and oxygen atoms in total. The minimum atomic E-state index is -0.416. The van der Waals surface area contributed by atoms with Gasteiger partial charge in [-0.05, 0) is 23.8 Å². The fraction of sp³-hybridized carbons (Fsp3) is 0.250. The molecule has 0 aromatic heterocycles. The molecule has 2 aromatic carbocycles. The molecule has 0 spiro atoms. The molecule has 0 N–H and O–H groups in total. The summed E-state index contributed by atoms with van der Waals surface area (Å²) in [5.74, 6) is -0.351. The lowest BCUT2D eigenvalue weighted by molar-refractivity contribution is -0.0668. The van der Waals surface area contributed by atoms with E-state index in [4.69, 9.17) is 14.2 Å². The number of esters is 1. The maximum absolute atomic E-state index is 12.3. The smallest absolute Gasteiger partial charge is 0.338 e. The van der Waals surface area contributed by atoms with Gasteiger partial charge in [0.25, 0.3) is 0 Å². The second-order valence-electron chi connectivity index (χ2n) is 5.49. The summed E-state index contributed by atoms with van der Waals surface area (Å²) in [5.41, 5.74) is 1.58. The summed E-state index contributed by atoms with van der Waals surface area (Å²) in [4.78, 5) is 12.3. The fourth-order valence-corrected chi connectivity index (χ4v) is 2.46. The van der Waals surface area contributed by atoms with Gasteiger partial charge in [0.15, 0.2) is 6.29 Å². The van der Waals surface area contributed by atoms with Crippen LogP contribution < -0.4 is 0 Å². The van der Waals surface area contributed by atoms with Crippen LogP contribution in [-0.4, -0.2) is 31.6 Å². The number of carbonyl (C=O) groups excluding carboxylic acids is 1. The van der Waals surface area contributed by atoms with Gasteiger partial charge in [0.2, 0.25) is 0 Å². The van der Waals surface area contributed by atoms with E-state index in [0.29, 0.717) is 25.2 Å². The number of hydrogen-bond acceptors (Lipinski definition) is 4. The summed E-state index contributed by atoms with van der Waals surface area (Å²) >= 11 is 0. The molecule has 1 aliphatic rings. The third-order valence-corrected chi connectivity index (χ3v) is 3.69. The van der Waals surface area contributed by atoms with Crippen LogP contribution in [0.3, 0.4) is 0 Å². The molecule has 0 aliphatic carbocycles. The predicted molar refractivity (Wildman–Crippen MR) is 91.4 cm³/mol. The second-order valence-corrected chi connectivity index (χ2v) is 5.49. The highest BCUT2D eigenvalue weighted by Crippen LogP contribution is 2.16. The normalized spacial score (nSPS) is 16.3. The Bertz CT molecular complexity index is 661. The van der Waals surface area contributed by atoms with Crippen molar-refractivity contribution in [3.05, 3.63) is 77.9 Å². The van der Waals surface area contributed by atoms with Gasteiger partial charge in [0.05, 0.1) is 18.8 Å². The lowest BCUT2D eigenvalue weighted by Crippen LogP contribution is -2.23. The number of rotatable bonds is 6. The summed E-state index contributed by atoms with van der Waals surface area (Å²) in [5, 5.41) is 0. The molecule has 0 amide bonds. The van der Waals surface area contributed by atoms with Crippen molar-refractivity contribution in [1.29, 1.82) is 0 Å². The highest BCUT2D eigenvalue weighted by Gasteiger charge is 2.23. The van der Waals surface area contributed by atoms with Crippen LogP contribution in [0.15, 0.2) is 66.7 Å². The molecule has 2 aromatic rings. The van der Waals surface area contributed by atoms with Crippen LogP contribution in [0.4, 0.5) is 0 Å². The van der Waals surface area contributed by atoms with Gasteiger partial charge in [0, 0.05) is 6.42 Å². The zero-order chi connectivity index (χ0) is 16.6. The Labute approximate surface area is 141 Å². The standard InChI is InChI=1S/C20H20O4/c21-20(17-9-5-2-6-10-17)24-18(15-19-22-13-14-23-19)12-11-16-7-3-1-4-8-16/h1-12,18-19H,13-15H2/b12-11+/t18-/m0/s1. The average molecular weight is 324 g/mol. The van der Waals surface area contributed by atoms with E-state index < -0.39 is 6.10 Å². The number of ether oxygens (including phenoxy) is 3. The zero-order valence-electron chi connectivity index (χ0n) is 13.3. The van der Waals surface area contributed by atoms with Crippen molar-refractivity contribution in [3.63, 3.8) is 0 Å². The van der Waals surface area contributed by atoms with Gasteiger partial charge in [-0.15, -0.1) is 0 Å². The highest BCUT2D eigenvalue weighted by atomic mass is 16.7. The van der Waals surface area contributed by atoms with E-state index in [1.54, 1.807) is 12.1 Å².